The molecule has 146 valence electrons. The van der Waals surface area contributed by atoms with Crippen LogP contribution in [0.5, 0.6) is 0 Å². The van der Waals surface area contributed by atoms with Crippen molar-refractivity contribution in [2.24, 2.45) is 0 Å². The van der Waals surface area contributed by atoms with Crippen molar-refractivity contribution in [3.8, 4) is 5.82 Å². The van der Waals surface area contributed by atoms with Gasteiger partial charge in [0, 0.05) is 30.9 Å². The van der Waals surface area contributed by atoms with Gasteiger partial charge in [-0.05, 0) is 45.6 Å². The summed E-state index contributed by atoms with van der Waals surface area (Å²) >= 11 is 0. The maximum atomic E-state index is 10.3. The molecule has 0 bridgehead atoms. The van der Waals surface area contributed by atoms with Crippen LogP contribution in [-0.4, -0.2) is 61.0 Å². The van der Waals surface area contributed by atoms with E-state index in [4.69, 9.17) is 4.98 Å². The third-order valence-electron chi connectivity index (χ3n) is 5.89. The smallest absolute Gasteiger partial charge is 0.174 e. The number of aryl methyl sites for hydroxylation is 2. The van der Waals surface area contributed by atoms with Crippen molar-refractivity contribution in [3.63, 3.8) is 0 Å². The highest BCUT2D eigenvalue weighted by Crippen LogP contribution is 2.26. The fourth-order valence-corrected chi connectivity index (χ4v) is 4.49. The number of aliphatic hydroxyl groups is 1. The molecule has 2 aliphatic rings. The minimum absolute atomic E-state index is 0.147. The lowest BCUT2D eigenvalue weighted by Gasteiger charge is -2.41. The molecule has 0 spiro atoms. The maximum absolute atomic E-state index is 10.3. The second-order valence-corrected chi connectivity index (χ2v) is 7.98. The number of nitrogens with zero attached hydrogens (tertiary/aromatic N) is 5. The van der Waals surface area contributed by atoms with E-state index in [2.05, 4.69) is 20.3 Å². The van der Waals surface area contributed by atoms with Gasteiger partial charge in [0.25, 0.3) is 0 Å². The van der Waals surface area contributed by atoms with Gasteiger partial charge < -0.3 is 10.4 Å². The van der Waals surface area contributed by atoms with Crippen molar-refractivity contribution in [2.75, 3.05) is 18.4 Å². The van der Waals surface area contributed by atoms with E-state index in [0.717, 1.165) is 61.8 Å². The van der Waals surface area contributed by atoms with E-state index >= 15 is 0 Å². The number of aromatic nitrogens is 4. The van der Waals surface area contributed by atoms with Crippen LogP contribution < -0.4 is 5.32 Å². The highest BCUT2D eigenvalue weighted by atomic mass is 16.3. The summed E-state index contributed by atoms with van der Waals surface area (Å²) in [4.78, 5) is 11.5. The summed E-state index contributed by atoms with van der Waals surface area (Å²) in [7, 11) is 0. The topological polar surface area (TPSA) is 79.1 Å². The molecule has 1 saturated carbocycles. The van der Waals surface area contributed by atoms with Crippen LogP contribution in [0.2, 0.25) is 0 Å². The molecular formula is C20H30N6O. The summed E-state index contributed by atoms with van der Waals surface area (Å²) in [6.07, 6.45) is 10.0. The molecule has 2 unspecified atom stereocenters. The number of aliphatic hydroxyl groups excluding tert-OH is 1. The highest BCUT2D eigenvalue weighted by molar-refractivity contribution is 5.37. The van der Waals surface area contributed by atoms with E-state index in [0.29, 0.717) is 12.1 Å². The predicted octanol–water partition coefficient (Wildman–Crippen LogP) is 2.46. The van der Waals surface area contributed by atoms with Gasteiger partial charge in [-0.3, -0.25) is 9.88 Å². The van der Waals surface area contributed by atoms with Gasteiger partial charge in [0.2, 0.25) is 0 Å². The second kappa shape index (κ2) is 7.94. The van der Waals surface area contributed by atoms with Crippen LogP contribution >= 0.6 is 0 Å². The van der Waals surface area contributed by atoms with E-state index in [1.807, 2.05) is 24.6 Å². The van der Waals surface area contributed by atoms with Crippen molar-refractivity contribution in [3.05, 3.63) is 29.8 Å². The van der Waals surface area contributed by atoms with Gasteiger partial charge >= 0.3 is 0 Å². The van der Waals surface area contributed by atoms with Crippen LogP contribution in [0.1, 0.15) is 49.9 Å². The van der Waals surface area contributed by atoms with Gasteiger partial charge in [-0.2, -0.15) is 5.10 Å². The standard InChI is InChI=1S/C20H30N6O/c1-14-11-15(2)26(24-14)20-13-21-12-19(23-20)22-16-7-9-25(10-8-16)17-5-3-4-6-18(17)27/h11-13,16-18,27H,3-10H2,1-2H3,(H,22,23). The Labute approximate surface area is 160 Å². The van der Waals surface area contributed by atoms with Crippen LogP contribution in [0.4, 0.5) is 5.82 Å². The normalized spacial score (nSPS) is 24.9. The Bertz CT molecular complexity index is 768. The maximum Gasteiger partial charge on any atom is 0.174 e. The summed E-state index contributed by atoms with van der Waals surface area (Å²) in [5, 5.41) is 18.3. The molecule has 2 fully saturated rings. The third kappa shape index (κ3) is 4.14. The lowest BCUT2D eigenvalue weighted by atomic mass is 9.89. The summed E-state index contributed by atoms with van der Waals surface area (Å²) in [5.74, 6) is 1.55. The second-order valence-electron chi connectivity index (χ2n) is 7.98. The molecule has 2 aromatic rings. The Morgan fingerprint density at radius 2 is 1.85 bits per heavy atom. The van der Waals surface area contributed by atoms with E-state index in [1.165, 1.54) is 12.8 Å². The van der Waals surface area contributed by atoms with Crippen LogP contribution in [0, 0.1) is 13.8 Å². The molecule has 4 rings (SSSR count). The molecule has 7 heteroatoms. The summed E-state index contributed by atoms with van der Waals surface area (Å²) in [5.41, 5.74) is 2.03. The van der Waals surface area contributed by atoms with E-state index in [-0.39, 0.29) is 6.10 Å². The quantitative estimate of drug-likeness (QED) is 0.861. The average molecular weight is 371 g/mol. The third-order valence-corrected chi connectivity index (χ3v) is 5.89. The van der Waals surface area contributed by atoms with E-state index in [1.54, 1.807) is 12.4 Å². The number of rotatable bonds is 4. The highest BCUT2D eigenvalue weighted by Gasteiger charge is 2.31. The summed E-state index contributed by atoms with van der Waals surface area (Å²) in [6.45, 7) is 6.07. The van der Waals surface area contributed by atoms with Crippen molar-refractivity contribution in [1.82, 2.24) is 24.6 Å². The molecule has 0 amide bonds. The average Bonchev–Trinajstić information content (AvgIpc) is 3.01. The largest absolute Gasteiger partial charge is 0.391 e. The minimum Gasteiger partial charge on any atom is -0.391 e. The molecule has 2 atom stereocenters. The van der Waals surface area contributed by atoms with Crippen molar-refractivity contribution in [2.45, 2.75) is 70.6 Å². The molecule has 7 nitrogen and oxygen atoms in total. The van der Waals surface area contributed by atoms with Gasteiger partial charge in [0.05, 0.1) is 24.2 Å². The van der Waals surface area contributed by atoms with Crippen LogP contribution in [0.15, 0.2) is 18.5 Å². The Kier molecular flexibility index (Phi) is 5.41. The molecule has 0 radical (unpaired) electrons. The Hall–Kier alpha value is -1.99. The van der Waals surface area contributed by atoms with Crippen LogP contribution in [0.25, 0.3) is 5.82 Å². The van der Waals surface area contributed by atoms with Gasteiger partial charge in [-0.1, -0.05) is 12.8 Å². The molecule has 1 saturated heterocycles. The lowest BCUT2D eigenvalue weighted by Crippen LogP contribution is -2.50. The summed E-state index contributed by atoms with van der Waals surface area (Å²) in [6, 6.07) is 2.79. The molecule has 3 heterocycles. The van der Waals surface area contributed by atoms with Gasteiger partial charge in [0.15, 0.2) is 5.82 Å². The molecular weight excluding hydrogens is 340 g/mol. The molecule has 2 N–H and O–H groups in total. The Morgan fingerprint density at radius 1 is 1.07 bits per heavy atom. The van der Waals surface area contributed by atoms with Gasteiger partial charge in [0.1, 0.15) is 5.82 Å². The van der Waals surface area contributed by atoms with Crippen LogP contribution in [-0.2, 0) is 0 Å². The number of nitrogens with one attached hydrogen (secondary N) is 1. The first-order chi connectivity index (χ1) is 13.1. The van der Waals surface area contributed by atoms with Crippen molar-refractivity contribution < 1.29 is 5.11 Å². The van der Waals surface area contributed by atoms with Crippen molar-refractivity contribution >= 4 is 5.82 Å². The molecule has 27 heavy (non-hydrogen) atoms. The fourth-order valence-electron chi connectivity index (χ4n) is 4.49. The SMILES string of the molecule is Cc1cc(C)n(-c2cncc(NC3CCN(C4CCCCC4O)CC3)n2)n1. The Morgan fingerprint density at radius 3 is 2.56 bits per heavy atom. The first-order valence-electron chi connectivity index (χ1n) is 10.1. The first-order valence-corrected chi connectivity index (χ1v) is 10.1. The first kappa shape index (κ1) is 18.4. The molecule has 1 aliphatic carbocycles. The summed E-state index contributed by atoms with van der Waals surface area (Å²) < 4.78 is 1.83. The van der Waals surface area contributed by atoms with Gasteiger partial charge in [-0.25, -0.2) is 9.67 Å². The number of hydrogen-bond donors (Lipinski definition) is 2. The van der Waals surface area contributed by atoms with E-state index < -0.39 is 0 Å². The minimum atomic E-state index is -0.147. The zero-order valence-corrected chi connectivity index (χ0v) is 16.3. The van der Waals surface area contributed by atoms with E-state index in [9.17, 15) is 5.11 Å². The van der Waals surface area contributed by atoms with Crippen molar-refractivity contribution in [1.29, 1.82) is 0 Å². The zero-order valence-electron chi connectivity index (χ0n) is 16.3. The molecule has 0 aromatic carbocycles. The predicted molar refractivity (Wildman–Crippen MR) is 105 cm³/mol. The van der Waals surface area contributed by atoms with Crippen LogP contribution in [0.3, 0.4) is 0 Å². The van der Waals surface area contributed by atoms with Gasteiger partial charge in [-0.15, -0.1) is 0 Å². The number of anilines is 1. The lowest BCUT2D eigenvalue weighted by molar-refractivity contribution is 0.00992. The number of likely N-dealkylation sites (tertiary alicyclic amines) is 1. The molecule has 1 aliphatic heterocycles. The molecule has 2 aromatic heterocycles. The number of piperidine rings is 1. The fraction of sp³-hybridized carbons (Fsp3) is 0.650. The monoisotopic (exact) mass is 370 g/mol. The zero-order chi connectivity index (χ0) is 18.8. The number of hydrogen-bond acceptors (Lipinski definition) is 6. The Balaban J connectivity index is 1.37.